The van der Waals surface area contributed by atoms with Crippen LogP contribution in [-0.4, -0.2) is 4.98 Å². The van der Waals surface area contributed by atoms with Crippen LogP contribution >= 0.6 is 15.9 Å². The minimum Gasteiger partial charge on any atom is -0.248 e. The van der Waals surface area contributed by atoms with Crippen LogP contribution in [0.4, 0.5) is 0 Å². The Hall–Kier alpha value is -1.93. The highest BCUT2D eigenvalue weighted by Gasteiger charge is 2.06. The second-order valence-corrected chi connectivity index (χ2v) is 5.65. The molecule has 0 N–H and O–H groups in total. The molecule has 0 spiro atoms. The number of aromatic nitrogens is 1. The molecule has 0 fully saturated rings. The van der Waals surface area contributed by atoms with E-state index in [1.54, 1.807) is 0 Å². The highest BCUT2D eigenvalue weighted by atomic mass is 79.9. The van der Waals surface area contributed by atoms with Gasteiger partial charge in [-0.05, 0) is 36.8 Å². The number of aryl methyl sites for hydroxylation is 1. The summed E-state index contributed by atoms with van der Waals surface area (Å²) in [6, 6.07) is 22.7. The van der Waals surface area contributed by atoms with E-state index in [0.29, 0.717) is 0 Å². The Kier molecular flexibility index (Phi) is 3.66. The molecule has 3 rings (SSSR count). The lowest BCUT2D eigenvalue weighted by Gasteiger charge is -2.08. The molecule has 1 aromatic heterocycles. The Labute approximate surface area is 127 Å². The summed E-state index contributed by atoms with van der Waals surface area (Å²) in [7, 11) is 0. The van der Waals surface area contributed by atoms with Crippen molar-refractivity contribution < 1.29 is 0 Å². The van der Waals surface area contributed by atoms with E-state index < -0.39 is 0 Å². The number of pyridine rings is 1. The summed E-state index contributed by atoms with van der Waals surface area (Å²) in [5.41, 5.74) is 5.55. The van der Waals surface area contributed by atoms with Crippen LogP contribution < -0.4 is 0 Å². The van der Waals surface area contributed by atoms with Crippen molar-refractivity contribution in [3.8, 4) is 22.5 Å². The van der Waals surface area contributed by atoms with Crippen LogP contribution in [0, 0.1) is 6.92 Å². The Balaban J connectivity index is 2.08. The van der Waals surface area contributed by atoms with E-state index in [-0.39, 0.29) is 0 Å². The number of benzene rings is 2. The van der Waals surface area contributed by atoms with Crippen molar-refractivity contribution in [3.05, 3.63) is 76.8 Å². The molecule has 2 aromatic carbocycles. The molecule has 0 radical (unpaired) electrons. The average molecular weight is 324 g/mol. The third kappa shape index (κ3) is 2.66. The highest BCUT2D eigenvalue weighted by Crippen LogP contribution is 2.26. The molecule has 0 aliphatic heterocycles. The lowest BCUT2D eigenvalue weighted by molar-refractivity contribution is 1.30. The van der Waals surface area contributed by atoms with Crippen molar-refractivity contribution in [1.29, 1.82) is 0 Å². The molecule has 1 nitrogen and oxygen atoms in total. The van der Waals surface area contributed by atoms with Crippen LogP contribution in [0.1, 0.15) is 5.56 Å². The second-order valence-electron chi connectivity index (χ2n) is 4.73. The molecular weight excluding hydrogens is 310 g/mol. The predicted molar refractivity (Wildman–Crippen MR) is 87.5 cm³/mol. The molecule has 0 atom stereocenters. The van der Waals surface area contributed by atoms with Crippen molar-refractivity contribution in [2.75, 3.05) is 0 Å². The van der Waals surface area contributed by atoms with Crippen molar-refractivity contribution in [3.63, 3.8) is 0 Å². The number of rotatable bonds is 2. The first-order valence-corrected chi connectivity index (χ1v) is 7.32. The largest absolute Gasteiger partial charge is 0.248 e. The highest BCUT2D eigenvalue weighted by molar-refractivity contribution is 9.10. The van der Waals surface area contributed by atoms with E-state index in [4.69, 9.17) is 4.98 Å². The van der Waals surface area contributed by atoms with Gasteiger partial charge in [-0.3, -0.25) is 0 Å². The maximum atomic E-state index is 4.79. The molecular formula is C18H14BrN. The molecule has 0 amide bonds. The Morgan fingerprint density at radius 3 is 2.30 bits per heavy atom. The van der Waals surface area contributed by atoms with Gasteiger partial charge in [0.1, 0.15) is 0 Å². The quantitative estimate of drug-likeness (QED) is 0.608. The molecule has 0 aliphatic rings. The van der Waals surface area contributed by atoms with Crippen LogP contribution in [0.2, 0.25) is 0 Å². The molecule has 0 unspecified atom stereocenters. The van der Waals surface area contributed by atoms with E-state index in [1.807, 2.05) is 24.3 Å². The summed E-state index contributed by atoms with van der Waals surface area (Å²) in [6.45, 7) is 2.11. The van der Waals surface area contributed by atoms with Crippen molar-refractivity contribution in [2.24, 2.45) is 0 Å². The molecule has 20 heavy (non-hydrogen) atoms. The summed E-state index contributed by atoms with van der Waals surface area (Å²) < 4.78 is 1.10. The summed E-state index contributed by atoms with van der Waals surface area (Å²) in [4.78, 5) is 4.79. The van der Waals surface area contributed by atoms with Crippen LogP contribution in [0.3, 0.4) is 0 Å². The second kappa shape index (κ2) is 5.59. The normalized spacial score (nSPS) is 10.5. The van der Waals surface area contributed by atoms with E-state index >= 15 is 0 Å². The molecule has 1 heterocycles. The maximum Gasteiger partial charge on any atom is 0.0712 e. The monoisotopic (exact) mass is 323 g/mol. The van der Waals surface area contributed by atoms with Gasteiger partial charge in [-0.2, -0.15) is 0 Å². The predicted octanol–water partition coefficient (Wildman–Crippen LogP) is 5.49. The van der Waals surface area contributed by atoms with Crippen molar-refractivity contribution in [1.82, 2.24) is 4.98 Å². The smallest absolute Gasteiger partial charge is 0.0712 e. The van der Waals surface area contributed by atoms with Crippen LogP contribution in [0.5, 0.6) is 0 Å². The van der Waals surface area contributed by atoms with Gasteiger partial charge >= 0.3 is 0 Å². The Bertz CT molecular complexity index is 735. The van der Waals surface area contributed by atoms with Gasteiger partial charge in [0.25, 0.3) is 0 Å². The topological polar surface area (TPSA) is 12.9 Å². The van der Waals surface area contributed by atoms with Crippen LogP contribution in [-0.2, 0) is 0 Å². The number of nitrogens with zero attached hydrogens (tertiary/aromatic N) is 1. The van der Waals surface area contributed by atoms with Gasteiger partial charge in [0.05, 0.1) is 11.4 Å². The Morgan fingerprint density at radius 2 is 1.55 bits per heavy atom. The maximum absolute atomic E-state index is 4.79. The Morgan fingerprint density at radius 1 is 0.800 bits per heavy atom. The van der Waals surface area contributed by atoms with Gasteiger partial charge in [-0.25, -0.2) is 4.98 Å². The zero-order valence-electron chi connectivity index (χ0n) is 11.2. The summed E-state index contributed by atoms with van der Waals surface area (Å²) >= 11 is 3.50. The van der Waals surface area contributed by atoms with E-state index in [2.05, 4.69) is 65.3 Å². The fourth-order valence-corrected chi connectivity index (χ4v) is 2.74. The summed E-state index contributed by atoms with van der Waals surface area (Å²) in [6.07, 6.45) is 0. The lowest BCUT2D eigenvalue weighted by Crippen LogP contribution is -1.90. The first-order chi connectivity index (χ1) is 9.74. The average Bonchev–Trinajstić information content (AvgIpc) is 2.48. The minimum atomic E-state index is 1.01. The van der Waals surface area contributed by atoms with Gasteiger partial charge in [-0.15, -0.1) is 0 Å². The molecule has 0 aliphatic carbocycles. The van der Waals surface area contributed by atoms with Crippen molar-refractivity contribution in [2.45, 2.75) is 6.92 Å². The fourth-order valence-electron chi connectivity index (χ4n) is 2.27. The number of halogens is 1. The minimum absolute atomic E-state index is 1.01. The summed E-state index contributed by atoms with van der Waals surface area (Å²) in [5.74, 6) is 0. The molecule has 2 heteroatoms. The molecule has 0 saturated heterocycles. The lowest BCUT2D eigenvalue weighted by atomic mass is 10.0. The van der Waals surface area contributed by atoms with E-state index in [1.165, 1.54) is 11.1 Å². The zero-order valence-corrected chi connectivity index (χ0v) is 12.8. The third-order valence-corrected chi connectivity index (χ3v) is 3.78. The van der Waals surface area contributed by atoms with Gasteiger partial charge in [0, 0.05) is 15.6 Å². The molecule has 3 aromatic rings. The van der Waals surface area contributed by atoms with Crippen LogP contribution in [0.25, 0.3) is 22.5 Å². The first-order valence-electron chi connectivity index (χ1n) is 6.53. The van der Waals surface area contributed by atoms with Gasteiger partial charge in [-0.1, -0.05) is 58.4 Å². The molecule has 98 valence electrons. The third-order valence-electron chi connectivity index (χ3n) is 3.28. The van der Waals surface area contributed by atoms with Gasteiger partial charge < -0.3 is 0 Å². The zero-order chi connectivity index (χ0) is 13.9. The van der Waals surface area contributed by atoms with E-state index in [0.717, 1.165) is 21.4 Å². The van der Waals surface area contributed by atoms with Gasteiger partial charge in [0.2, 0.25) is 0 Å². The summed E-state index contributed by atoms with van der Waals surface area (Å²) in [5, 5.41) is 0. The standard InChI is InChI=1S/C18H14BrN/c1-13-12-15(19)10-11-16(13)18-9-5-8-17(20-18)14-6-3-2-4-7-14/h2-12H,1H3. The molecule has 0 bridgehead atoms. The van der Waals surface area contributed by atoms with Crippen molar-refractivity contribution >= 4 is 15.9 Å². The van der Waals surface area contributed by atoms with E-state index in [9.17, 15) is 0 Å². The van der Waals surface area contributed by atoms with Crippen LogP contribution in [0.15, 0.2) is 71.2 Å². The SMILES string of the molecule is Cc1cc(Br)ccc1-c1cccc(-c2ccccc2)n1. The van der Waals surface area contributed by atoms with Gasteiger partial charge in [0.15, 0.2) is 0 Å². The number of hydrogen-bond donors (Lipinski definition) is 0. The fraction of sp³-hybridized carbons (Fsp3) is 0.0556. The first kappa shape index (κ1) is 13.1. The number of hydrogen-bond acceptors (Lipinski definition) is 1. The molecule has 0 saturated carbocycles.